The van der Waals surface area contributed by atoms with Crippen LogP contribution in [0.3, 0.4) is 0 Å². The number of hydrogen-bond acceptors (Lipinski definition) is 7. The Balaban J connectivity index is 1.61. The molecule has 0 radical (unpaired) electrons. The molecular weight excluding hydrogens is 480 g/mol. The predicted octanol–water partition coefficient (Wildman–Crippen LogP) is 6.03. The summed E-state index contributed by atoms with van der Waals surface area (Å²) in [4.78, 5) is 33.2. The quantitative estimate of drug-likeness (QED) is 0.402. The van der Waals surface area contributed by atoms with Gasteiger partial charge in [0.25, 0.3) is 0 Å². The normalized spacial score (nSPS) is 14.6. The maximum absolute atomic E-state index is 12.8. The molecule has 188 valence electrons. The third-order valence-corrected chi connectivity index (χ3v) is 8.11. The Hall–Kier alpha value is -2.49. The Morgan fingerprint density at radius 3 is 2.71 bits per heavy atom. The average molecular weight is 515 g/mol. The van der Waals surface area contributed by atoms with Crippen molar-refractivity contribution in [3.8, 4) is 10.6 Å². The number of thiophene rings is 1. The molecule has 0 bridgehead atoms. The topological polar surface area (TPSA) is 83.6 Å². The van der Waals surface area contributed by atoms with Crippen molar-refractivity contribution in [1.82, 2.24) is 15.2 Å². The van der Waals surface area contributed by atoms with Gasteiger partial charge in [0, 0.05) is 36.0 Å². The number of hydrogen-bond donors (Lipinski definition) is 2. The molecule has 9 heteroatoms. The number of fused-ring (bicyclic) bond motifs is 2. The van der Waals surface area contributed by atoms with Crippen LogP contribution in [-0.4, -0.2) is 46.6 Å². The van der Waals surface area contributed by atoms with E-state index in [4.69, 9.17) is 9.72 Å². The van der Waals surface area contributed by atoms with E-state index < -0.39 is 5.60 Å². The lowest BCUT2D eigenvalue weighted by Gasteiger charge is -2.30. The second-order valence-corrected chi connectivity index (χ2v) is 12.0. The zero-order valence-electron chi connectivity index (χ0n) is 21.1. The van der Waals surface area contributed by atoms with Crippen molar-refractivity contribution < 1.29 is 14.3 Å². The zero-order valence-corrected chi connectivity index (χ0v) is 22.7. The molecule has 3 aromatic rings. The fourth-order valence-electron chi connectivity index (χ4n) is 3.94. The smallest absolute Gasteiger partial charge is 0.410 e. The number of carbonyl (C=O) groups is 2. The molecule has 0 aliphatic carbocycles. The monoisotopic (exact) mass is 514 g/mol. The van der Waals surface area contributed by atoms with Crippen LogP contribution in [0.2, 0.25) is 0 Å². The molecule has 1 atom stereocenters. The number of nitrogens with one attached hydrogen (secondary N) is 2. The Bertz CT molecular complexity index is 1180. The van der Waals surface area contributed by atoms with E-state index in [0.29, 0.717) is 38.5 Å². The molecule has 0 saturated carbocycles. The maximum atomic E-state index is 12.8. The number of benzene rings is 1. The molecule has 2 amide bonds. The van der Waals surface area contributed by atoms with Crippen LogP contribution in [0, 0.1) is 0 Å². The molecule has 3 heterocycles. The summed E-state index contributed by atoms with van der Waals surface area (Å²) in [5.41, 5.74) is 2.58. The number of para-hydroxylation sites is 1. The van der Waals surface area contributed by atoms with Crippen LogP contribution in [0.15, 0.2) is 24.3 Å². The Morgan fingerprint density at radius 1 is 1.23 bits per heavy atom. The largest absolute Gasteiger partial charge is 0.444 e. The summed E-state index contributed by atoms with van der Waals surface area (Å²) < 4.78 is 6.71. The number of aromatic nitrogens is 1. The van der Waals surface area contributed by atoms with Crippen molar-refractivity contribution >= 4 is 49.9 Å². The second-order valence-electron chi connectivity index (χ2n) is 9.91. The van der Waals surface area contributed by atoms with Gasteiger partial charge >= 0.3 is 6.09 Å². The molecule has 0 spiro atoms. The van der Waals surface area contributed by atoms with E-state index in [0.717, 1.165) is 37.1 Å². The molecule has 0 fully saturated rings. The number of rotatable bonds is 7. The summed E-state index contributed by atoms with van der Waals surface area (Å²) in [6.07, 6.45) is 1.81. The van der Waals surface area contributed by atoms with Gasteiger partial charge < -0.3 is 20.3 Å². The summed E-state index contributed by atoms with van der Waals surface area (Å²) in [5.74, 6) is -0.0224. The molecule has 0 unspecified atom stereocenters. The zero-order chi connectivity index (χ0) is 25.2. The van der Waals surface area contributed by atoms with Crippen molar-refractivity contribution in [2.75, 3.05) is 18.4 Å². The molecule has 0 saturated heterocycles. The van der Waals surface area contributed by atoms with Gasteiger partial charge in [-0.3, -0.25) is 4.79 Å². The molecule has 1 aliphatic rings. The number of carbonyl (C=O) groups excluding carboxylic acids is 2. The van der Waals surface area contributed by atoms with Gasteiger partial charge in [0.2, 0.25) is 5.91 Å². The Morgan fingerprint density at radius 2 is 2.00 bits per heavy atom. The Labute approximate surface area is 214 Å². The van der Waals surface area contributed by atoms with Crippen LogP contribution in [0.4, 0.5) is 9.80 Å². The van der Waals surface area contributed by atoms with Crippen LogP contribution >= 0.6 is 22.7 Å². The van der Waals surface area contributed by atoms with Gasteiger partial charge in [-0.05, 0) is 58.2 Å². The van der Waals surface area contributed by atoms with Gasteiger partial charge in [-0.15, -0.1) is 22.7 Å². The van der Waals surface area contributed by atoms with E-state index in [1.165, 1.54) is 5.56 Å². The number of anilines is 1. The maximum Gasteiger partial charge on any atom is 0.410 e. The lowest BCUT2D eigenvalue weighted by atomic mass is 10.0. The first-order chi connectivity index (χ1) is 16.6. The summed E-state index contributed by atoms with van der Waals surface area (Å²) >= 11 is 3.18. The van der Waals surface area contributed by atoms with Gasteiger partial charge in [-0.2, -0.15) is 0 Å². The van der Waals surface area contributed by atoms with Crippen molar-refractivity contribution in [2.24, 2.45) is 0 Å². The first-order valence-electron chi connectivity index (χ1n) is 12.2. The number of nitrogens with zero attached hydrogens (tertiary/aromatic N) is 2. The number of thiazole rings is 1. The van der Waals surface area contributed by atoms with Crippen LogP contribution < -0.4 is 10.6 Å². The second kappa shape index (κ2) is 10.6. The lowest BCUT2D eigenvalue weighted by molar-refractivity contribution is -0.116. The molecular formula is C26H34N4O3S2. The summed E-state index contributed by atoms with van der Waals surface area (Å²) in [6.45, 7) is 11.5. The standard InChI is InChI=1S/C26H34N4O3S2/c1-6-16(2)27-13-11-21(31)29-24-22(23-28-18-9-7-8-10-19(18)34-23)17-12-14-30(15-20(17)35-24)25(32)33-26(3,4)5/h7-10,16,27H,6,11-15H2,1-5H3,(H,29,31)/t16-/m0/s1. The molecule has 2 N–H and O–H groups in total. The van der Waals surface area contributed by atoms with Crippen molar-refractivity contribution in [2.45, 2.75) is 72.1 Å². The SMILES string of the molecule is CC[C@H](C)NCCC(=O)Nc1sc2c(c1-c1nc3ccccc3s1)CCN(C(=O)OC(C)(C)C)C2. The van der Waals surface area contributed by atoms with Crippen molar-refractivity contribution in [3.05, 3.63) is 34.7 Å². The van der Waals surface area contributed by atoms with Gasteiger partial charge in [0.05, 0.1) is 16.8 Å². The first-order valence-corrected chi connectivity index (χ1v) is 13.8. The third kappa shape index (κ3) is 6.20. The van der Waals surface area contributed by atoms with Gasteiger partial charge in [-0.1, -0.05) is 19.1 Å². The highest BCUT2D eigenvalue weighted by atomic mass is 32.1. The van der Waals surface area contributed by atoms with E-state index in [1.807, 2.05) is 39.0 Å². The van der Waals surface area contributed by atoms with Gasteiger partial charge in [0.15, 0.2) is 0 Å². The highest BCUT2D eigenvalue weighted by Gasteiger charge is 2.31. The lowest BCUT2D eigenvalue weighted by Crippen LogP contribution is -2.39. The Kier molecular flexibility index (Phi) is 7.78. The van der Waals surface area contributed by atoms with Crippen molar-refractivity contribution in [1.29, 1.82) is 0 Å². The van der Waals surface area contributed by atoms with Crippen LogP contribution in [0.25, 0.3) is 20.8 Å². The molecule has 2 aromatic heterocycles. The van der Waals surface area contributed by atoms with E-state index in [9.17, 15) is 9.59 Å². The van der Waals surface area contributed by atoms with E-state index in [2.05, 4.69) is 30.5 Å². The van der Waals surface area contributed by atoms with E-state index in [-0.39, 0.29) is 12.0 Å². The fourth-order valence-corrected chi connectivity index (χ4v) is 6.33. The predicted molar refractivity (Wildman–Crippen MR) is 144 cm³/mol. The molecule has 1 aromatic carbocycles. The van der Waals surface area contributed by atoms with E-state index >= 15 is 0 Å². The fraction of sp³-hybridized carbons (Fsp3) is 0.500. The molecule has 1 aliphatic heterocycles. The van der Waals surface area contributed by atoms with Crippen molar-refractivity contribution in [3.63, 3.8) is 0 Å². The van der Waals surface area contributed by atoms with Crippen LogP contribution in [0.5, 0.6) is 0 Å². The van der Waals surface area contributed by atoms with E-state index in [1.54, 1.807) is 27.6 Å². The summed E-state index contributed by atoms with van der Waals surface area (Å²) in [6, 6.07) is 8.46. The number of amides is 2. The first kappa shape index (κ1) is 25.6. The van der Waals surface area contributed by atoms with Gasteiger partial charge in [-0.25, -0.2) is 9.78 Å². The summed E-state index contributed by atoms with van der Waals surface area (Å²) in [5, 5.41) is 8.25. The molecule has 35 heavy (non-hydrogen) atoms. The molecule has 4 rings (SSSR count). The highest BCUT2D eigenvalue weighted by Crippen LogP contribution is 2.45. The minimum absolute atomic E-state index is 0.0224. The minimum Gasteiger partial charge on any atom is -0.444 e. The minimum atomic E-state index is -0.540. The van der Waals surface area contributed by atoms with Crippen LogP contribution in [-0.2, 0) is 22.5 Å². The highest BCUT2D eigenvalue weighted by molar-refractivity contribution is 7.22. The van der Waals surface area contributed by atoms with Crippen LogP contribution in [0.1, 0.15) is 57.9 Å². The molecule has 7 nitrogen and oxygen atoms in total. The van der Waals surface area contributed by atoms with Gasteiger partial charge in [0.1, 0.15) is 15.6 Å². The average Bonchev–Trinajstić information content (AvgIpc) is 3.37. The third-order valence-electron chi connectivity index (χ3n) is 5.93. The summed E-state index contributed by atoms with van der Waals surface area (Å²) in [7, 11) is 0. The number of ether oxygens (including phenoxy) is 1.